The Kier molecular flexibility index (Phi) is 11.4. The fourth-order valence-electron chi connectivity index (χ4n) is 4.84. The number of sulfonamides is 1. The van der Waals surface area contributed by atoms with Crippen molar-refractivity contribution in [3.8, 4) is 5.75 Å². The maximum atomic E-state index is 14.5. The van der Waals surface area contributed by atoms with Gasteiger partial charge in [-0.2, -0.15) is 0 Å². The molecule has 0 radical (unpaired) electrons. The molecule has 1 N–H and O–H groups in total. The van der Waals surface area contributed by atoms with Crippen LogP contribution in [0.3, 0.4) is 0 Å². The zero-order valence-corrected chi connectivity index (χ0v) is 28.4. The topological polar surface area (TPSA) is 96.0 Å². The average Bonchev–Trinajstić information content (AvgIpc) is 3.02. The fourth-order valence-corrected chi connectivity index (χ4v) is 6.72. The zero-order valence-electron chi connectivity index (χ0n) is 26.1. The van der Waals surface area contributed by atoms with Crippen molar-refractivity contribution in [3.05, 3.63) is 124 Å². The predicted molar refractivity (Wildman–Crippen MR) is 183 cm³/mol. The number of hydrogen-bond donors (Lipinski definition) is 1. The van der Waals surface area contributed by atoms with Crippen molar-refractivity contribution in [3.63, 3.8) is 0 Å². The molecule has 0 fully saturated rings. The van der Waals surface area contributed by atoms with Gasteiger partial charge in [0.25, 0.3) is 10.0 Å². The van der Waals surface area contributed by atoms with Crippen LogP contribution in [0.15, 0.2) is 108 Å². The maximum absolute atomic E-state index is 14.5. The Hall–Kier alpha value is -4.05. The maximum Gasteiger partial charge on any atom is 0.264 e. The molecule has 0 heterocycles. The highest BCUT2D eigenvalue weighted by molar-refractivity contribution is 7.92. The van der Waals surface area contributed by atoms with Crippen LogP contribution in [0.25, 0.3) is 0 Å². The summed E-state index contributed by atoms with van der Waals surface area (Å²) in [6.07, 6.45) is 0.177. The van der Waals surface area contributed by atoms with E-state index in [0.29, 0.717) is 21.4 Å². The molecule has 242 valence electrons. The molecule has 0 spiro atoms. The van der Waals surface area contributed by atoms with E-state index in [2.05, 4.69) is 5.32 Å². The lowest BCUT2D eigenvalue weighted by atomic mass is 10.0. The molecule has 0 aliphatic carbocycles. The average molecular weight is 683 g/mol. The van der Waals surface area contributed by atoms with Gasteiger partial charge < -0.3 is 15.0 Å². The first-order valence-electron chi connectivity index (χ1n) is 14.6. The van der Waals surface area contributed by atoms with Crippen LogP contribution in [0.2, 0.25) is 10.0 Å². The summed E-state index contributed by atoms with van der Waals surface area (Å²) < 4.78 is 34.5. The number of amides is 2. The molecule has 0 saturated carbocycles. The molecule has 0 aliphatic heterocycles. The second-order valence-electron chi connectivity index (χ2n) is 11.7. The largest absolute Gasteiger partial charge is 0.497 e. The molecular formula is C35H37Cl2N3O5S. The van der Waals surface area contributed by atoms with Crippen molar-refractivity contribution in [2.24, 2.45) is 0 Å². The van der Waals surface area contributed by atoms with Gasteiger partial charge in [-0.15, -0.1) is 0 Å². The number of carbonyl (C=O) groups excluding carboxylic acids is 2. The van der Waals surface area contributed by atoms with E-state index in [-0.39, 0.29) is 29.5 Å². The lowest BCUT2D eigenvalue weighted by molar-refractivity contribution is -0.140. The quantitative estimate of drug-likeness (QED) is 0.178. The number of methoxy groups -OCH3 is 1. The van der Waals surface area contributed by atoms with Crippen LogP contribution in [0.5, 0.6) is 5.75 Å². The number of benzene rings is 4. The number of anilines is 1. The number of para-hydroxylation sites is 1. The lowest BCUT2D eigenvalue weighted by Gasteiger charge is -2.35. The highest BCUT2D eigenvalue weighted by atomic mass is 35.5. The Morgan fingerprint density at radius 2 is 1.48 bits per heavy atom. The molecule has 0 aromatic heterocycles. The van der Waals surface area contributed by atoms with Gasteiger partial charge in [-0.1, -0.05) is 77.8 Å². The summed E-state index contributed by atoms with van der Waals surface area (Å²) in [5.41, 5.74) is 1.05. The van der Waals surface area contributed by atoms with Crippen molar-refractivity contribution >= 4 is 50.7 Å². The van der Waals surface area contributed by atoms with Crippen LogP contribution in [0.1, 0.15) is 31.9 Å². The Bertz CT molecular complexity index is 1750. The van der Waals surface area contributed by atoms with Gasteiger partial charge in [0, 0.05) is 28.5 Å². The molecule has 0 aliphatic rings. The van der Waals surface area contributed by atoms with E-state index in [1.165, 1.54) is 24.1 Å². The van der Waals surface area contributed by atoms with Crippen molar-refractivity contribution in [1.82, 2.24) is 10.2 Å². The number of hydrogen-bond acceptors (Lipinski definition) is 5. The van der Waals surface area contributed by atoms with Crippen LogP contribution in [0.4, 0.5) is 5.69 Å². The first-order valence-corrected chi connectivity index (χ1v) is 16.8. The van der Waals surface area contributed by atoms with Crippen molar-refractivity contribution in [2.45, 2.75) is 50.2 Å². The lowest BCUT2D eigenvalue weighted by Crippen LogP contribution is -2.56. The molecule has 4 aromatic rings. The Labute approximate surface area is 280 Å². The van der Waals surface area contributed by atoms with Crippen LogP contribution in [0, 0.1) is 0 Å². The van der Waals surface area contributed by atoms with Crippen LogP contribution in [-0.4, -0.2) is 50.4 Å². The van der Waals surface area contributed by atoms with E-state index in [4.69, 9.17) is 27.9 Å². The molecule has 4 aromatic carbocycles. The minimum Gasteiger partial charge on any atom is -0.497 e. The number of carbonyl (C=O) groups is 2. The normalized spacial score (nSPS) is 12.2. The SMILES string of the molecule is COc1ccc(S(=O)(=O)N(CC(=O)N(Cc2ccc(Cl)cc2Cl)[C@H](Cc2ccccc2)C(=O)NC(C)(C)C)c2ccccc2)cc1. The van der Waals surface area contributed by atoms with Gasteiger partial charge in [-0.3, -0.25) is 13.9 Å². The molecule has 0 saturated heterocycles. The third-order valence-corrected chi connectivity index (χ3v) is 9.47. The molecule has 8 nitrogen and oxygen atoms in total. The molecule has 11 heteroatoms. The molecule has 2 amide bonds. The van der Waals surface area contributed by atoms with Gasteiger partial charge in [0.05, 0.1) is 17.7 Å². The predicted octanol–water partition coefficient (Wildman–Crippen LogP) is 6.75. The third kappa shape index (κ3) is 9.02. The van der Waals surface area contributed by atoms with Gasteiger partial charge in [-0.05, 0) is 80.4 Å². The number of nitrogens with zero attached hydrogens (tertiary/aromatic N) is 2. The molecule has 0 unspecified atom stereocenters. The zero-order chi connectivity index (χ0) is 33.5. The highest BCUT2D eigenvalue weighted by Crippen LogP contribution is 2.28. The third-order valence-electron chi connectivity index (χ3n) is 7.10. The van der Waals surface area contributed by atoms with Gasteiger partial charge in [0.1, 0.15) is 18.3 Å². The molecule has 0 bridgehead atoms. The summed E-state index contributed by atoms with van der Waals surface area (Å²) >= 11 is 12.7. The van der Waals surface area contributed by atoms with Crippen LogP contribution < -0.4 is 14.4 Å². The van der Waals surface area contributed by atoms with E-state index in [0.717, 1.165) is 9.87 Å². The first kappa shape index (κ1) is 34.8. The summed E-state index contributed by atoms with van der Waals surface area (Å²) in [6.45, 7) is 4.90. The number of nitrogens with one attached hydrogen (secondary N) is 1. The van der Waals surface area contributed by atoms with Gasteiger partial charge >= 0.3 is 0 Å². The van der Waals surface area contributed by atoms with E-state index >= 15 is 0 Å². The summed E-state index contributed by atoms with van der Waals surface area (Å²) in [7, 11) is -2.75. The van der Waals surface area contributed by atoms with E-state index in [1.54, 1.807) is 60.7 Å². The monoisotopic (exact) mass is 681 g/mol. The van der Waals surface area contributed by atoms with E-state index in [1.807, 2.05) is 51.1 Å². The Balaban J connectivity index is 1.82. The Morgan fingerprint density at radius 3 is 2.04 bits per heavy atom. The number of ether oxygens (including phenoxy) is 1. The van der Waals surface area contributed by atoms with E-state index in [9.17, 15) is 18.0 Å². The van der Waals surface area contributed by atoms with Gasteiger partial charge in [0.2, 0.25) is 11.8 Å². The highest BCUT2D eigenvalue weighted by Gasteiger charge is 2.36. The van der Waals surface area contributed by atoms with Gasteiger partial charge in [-0.25, -0.2) is 8.42 Å². The standard InChI is InChI=1S/C35H37Cl2N3O5S/c1-35(2,3)38-34(42)32(21-25-11-7-5-8-12-25)39(23-26-15-16-27(36)22-31(26)37)33(41)24-40(28-13-9-6-10-14-28)46(43,44)30-19-17-29(45-4)18-20-30/h5-20,22,32H,21,23-24H2,1-4H3,(H,38,42)/t32-/m1/s1. The molecular weight excluding hydrogens is 645 g/mol. The van der Waals surface area contributed by atoms with E-state index < -0.39 is 34.1 Å². The molecule has 1 atom stereocenters. The number of halogens is 2. The van der Waals surface area contributed by atoms with Crippen molar-refractivity contribution < 1.29 is 22.7 Å². The van der Waals surface area contributed by atoms with Crippen molar-refractivity contribution in [1.29, 1.82) is 0 Å². The second kappa shape index (κ2) is 15.0. The van der Waals surface area contributed by atoms with Crippen molar-refractivity contribution in [2.75, 3.05) is 18.0 Å². The summed E-state index contributed by atoms with van der Waals surface area (Å²) in [6, 6.07) is 27.5. The summed E-state index contributed by atoms with van der Waals surface area (Å²) in [5, 5.41) is 3.73. The Morgan fingerprint density at radius 1 is 0.870 bits per heavy atom. The minimum absolute atomic E-state index is 0.0245. The summed E-state index contributed by atoms with van der Waals surface area (Å²) in [5.74, 6) is -0.503. The van der Waals surface area contributed by atoms with Crippen LogP contribution in [-0.2, 0) is 32.6 Å². The van der Waals surface area contributed by atoms with Gasteiger partial charge in [0.15, 0.2) is 0 Å². The molecule has 46 heavy (non-hydrogen) atoms. The first-order chi connectivity index (χ1) is 21.8. The second-order valence-corrected chi connectivity index (χ2v) is 14.4. The fraction of sp³-hybridized carbons (Fsp3) is 0.257. The number of rotatable bonds is 12. The smallest absolute Gasteiger partial charge is 0.264 e. The van der Waals surface area contributed by atoms with Crippen LogP contribution >= 0.6 is 23.2 Å². The minimum atomic E-state index is -4.24. The molecule has 4 rings (SSSR count). The summed E-state index contributed by atoms with van der Waals surface area (Å²) in [4.78, 5) is 29.9.